The molecule has 226 valence electrons. The first-order valence-corrected chi connectivity index (χ1v) is 13.4. The molecule has 4 aromatic carbocycles. The molecule has 6 aromatic rings. The van der Waals surface area contributed by atoms with Crippen LogP contribution in [0.25, 0.3) is 44.2 Å². The van der Waals surface area contributed by atoms with E-state index in [1.54, 1.807) is 69.7 Å². The summed E-state index contributed by atoms with van der Waals surface area (Å²) < 4.78 is 26.2. The zero-order valence-electron chi connectivity index (χ0n) is 24.3. The molecule has 2 aromatic heterocycles. The van der Waals surface area contributed by atoms with Crippen LogP contribution in [0.1, 0.15) is 6.92 Å². The van der Waals surface area contributed by atoms with E-state index in [1.165, 1.54) is 30.7 Å². The van der Waals surface area contributed by atoms with Gasteiger partial charge in [-0.3, -0.25) is 9.59 Å². The second kappa shape index (κ2) is 12.9. The fraction of sp³-hybridized carbons (Fsp3) is 0.0857. The molecule has 0 saturated heterocycles. The molecule has 3 N–H and O–H groups in total. The van der Waals surface area contributed by atoms with Crippen molar-refractivity contribution in [2.45, 2.75) is 6.92 Å². The number of methoxy groups -OCH3 is 2. The third kappa shape index (κ3) is 6.23. The van der Waals surface area contributed by atoms with Gasteiger partial charge in [0.05, 0.1) is 25.3 Å². The van der Waals surface area contributed by atoms with Gasteiger partial charge in [0.25, 0.3) is 0 Å². The Morgan fingerprint density at radius 3 is 1.56 bits per heavy atom. The molecule has 0 spiro atoms. The van der Waals surface area contributed by atoms with Gasteiger partial charge in [0.1, 0.15) is 75.1 Å². The predicted octanol–water partition coefficient (Wildman–Crippen LogP) is 6.41. The molecule has 10 heteroatoms. The highest BCUT2D eigenvalue weighted by atomic mass is 16.5. The number of aromatic hydroxyl groups is 3. The maximum absolute atomic E-state index is 12.7. The zero-order valence-corrected chi connectivity index (χ0v) is 24.3. The zero-order chi connectivity index (χ0) is 32.1. The number of phenolic OH excluding ortho intramolecular Hbond substituents is 3. The number of phenols is 3. The van der Waals surface area contributed by atoms with Crippen LogP contribution in [0.4, 0.5) is 0 Å². The number of rotatable bonds is 5. The normalized spacial score (nSPS) is 10.4. The smallest absolute Gasteiger partial charge is 0.204 e. The lowest BCUT2D eigenvalue weighted by Crippen LogP contribution is -2.05. The van der Waals surface area contributed by atoms with Crippen molar-refractivity contribution in [3.05, 3.63) is 106 Å². The summed E-state index contributed by atoms with van der Waals surface area (Å²) in [5, 5.41) is 29.6. The summed E-state index contributed by atoms with van der Waals surface area (Å²) >= 11 is 0. The topological polar surface area (TPSA) is 149 Å². The predicted molar refractivity (Wildman–Crippen MR) is 168 cm³/mol. The van der Waals surface area contributed by atoms with Gasteiger partial charge in [0.15, 0.2) is 0 Å². The van der Waals surface area contributed by atoms with Crippen LogP contribution in [0.3, 0.4) is 0 Å². The van der Waals surface area contributed by atoms with Gasteiger partial charge in [-0.25, -0.2) is 0 Å². The highest BCUT2D eigenvalue weighted by Crippen LogP contribution is 2.32. The Morgan fingerprint density at radius 2 is 1.09 bits per heavy atom. The van der Waals surface area contributed by atoms with E-state index in [-0.39, 0.29) is 50.0 Å². The molecule has 10 nitrogen and oxygen atoms in total. The first-order valence-electron chi connectivity index (χ1n) is 13.4. The summed E-state index contributed by atoms with van der Waals surface area (Å²) in [4.78, 5) is 25.2. The standard InChI is InChI=1S/C19H14O5.C16H12O5/c1-3-8-23-14-9-16(20)18-17(10-14)24-11-15(19(18)21)12-4-6-13(22-2)7-5-12;1-20-11-4-2-9(3-5-11)12-8-21-14-7-10(17)6-13(18)15(14)16(12)19/h4-7,9-11,20H,1-2H3;2-8,17-18H,1H3. The average molecular weight is 607 g/mol. The molecule has 0 fully saturated rings. The van der Waals surface area contributed by atoms with Gasteiger partial charge in [-0.15, -0.1) is 0 Å². The van der Waals surface area contributed by atoms with Gasteiger partial charge in [-0.05, 0) is 35.4 Å². The lowest BCUT2D eigenvalue weighted by Gasteiger charge is -2.06. The fourth-order valence-electron chi connectivity index (χ4n) is 4.53. The summed E-state index contributed by atoms with van der Waals surface area (Å²) in [6.07, 6.45) is 5.10. The van der Waals surface area contributed by atoms with Crippen LogP contribution >= 0.6 is 0 Å². The highest BCUT2D eigenvalue weighted by molar-refractivity contribution is 5.89. The van der Waals surface area contributed by atoms with Crippen LogP contribution in [-0.2, 0) is 0 Å². The quantitative estimate of drug-likeness (QED) is 0.188. The first kappa shape index (κ1) is 30.1. The van der Waals surface area contributed by atoms with Crippen molar-refractivity contribution in [3.63, 3.8) is 0 Å². The Bertz CT molecular complexity index is 2180. The van der Waals surface area contributed by atoms with Crippen molar-refractivity contribution in [2.75, 3.05) is 14.2 Å². The van der Waals surface area contributed by atoms with Gasteiger partial charge in [0.2, 0.25) is 10.9 Å². The Kier molecular flexibility index (Phi) is 8.63. The molecule has 0 radical (unpaired) electrons. The van der Waals surface area contributed by atoms with E-state index < -0.39 is 0 Å². The van der Waals surface area contributed by atoms with Crippen LogP contribution in [0, 0.1) is 12.0 Å². The number of fused-ring (bicyclic) bond motifs is 2. The monoisotopic (exact) mass is 606 g/mol. The molecule has 45 heavy (non-hydrogen) atoms. The molecule has 6 rings (SSSR count). The van der Waals surface area contributed by atoms with Crippen molar-refractivity contribution in [3.8, 4) is 68.8 Å². The molecule has 0 amide bonds. The lowest BCUT2D eigenvalue weighted by atomic mass is 10.0. The van der Waals surface area contributed by atoms with Crippen molar-refractivity contribution in [1.82, 2.24) is 0 Å². The van der Waals surface area contributed by atoms with Gasteiger partial charge in [-0.2, -0.15) is 0 Å². The molecule has 0 aliphatic rings. The number of ether oxygens (including phenoxy) is 3. The maximum atomic E-state index is 12.7. The Balaban J connectivity index is 0.000000179. The van der Waals surface area contributed by atoms with Crippen LogP contribution in [0.2, 0.25) is 0 Å². The third-order valence-corrected chi connectivity index (χ3v) is 6.74. The van der Waals surface area contributed by atoms with E-state index in [2.05, 4.69) is 12.0 Å². The summed E-state index contributed by atoms with van der Waals surface area (Å²) in [5.41, 5.74) is 1.67. The van der Waals surface area contributed by atoms with E-state index in [0.717, 1.165) is 6.07 Å². The maximum Gasteiger partial charge on any atom is 0.204 e. The number of hydrogen-bond acceptors (Lipinski definition) is 10. The van der Waals surface area contributed by atoms with Gasteiger partial charge in [0, 0.05) is 31.2 Å². The minimum atomic E-state index is -0.362. The van der Waals surface area contributed by atoms with E-state index in [1.807, 2.05) is 0 Å². The van der Waals surface area contributed by atoms with Crippen molar-refractivity contribution >= 4 is 21.9 Å². The summed E-state index contributed by atoms with van der Waals surface area (Å²) in [5.74, 6) is 3.55. The molecule has 0 atom stereocenters. The summed E-state index contributed by atoms with van der Waals surface area (Å²) in [6, 6.07) is 19.2. The lowest BCUT2D eigenvalue weighted by molar-refractivity contribution is 0.415. The van der Waals surface area contributed by atoms with Crippen molar-refractivity contribution in [1.29, 1.82) is 0 Å². The minimum Gasteiger partial charge on any atom is -0.508 e. The van der Waals surface area contributed by atoms with Gasteiger partial charge >= 0.3 is 0 Å². The van der Waals surface area contributed by atoms with E-state index in [9.17, 15) is 24.9 Å². The SMILES string of the molecule is CC#COc1cc(O)c2c(=O)c(-c3ccc(OC)cc3)coc2c1.COc1ccc(-c2coc3cc(O)cc(O)c3c2=O)cc1. The van der Waals surface area contributed by atoms with E-state index in [0.29, 0.717) is 39.5 Å². The summed E-state index contributed by atoms with van der Waals surface area (Å²) in [7, 11) is 3.13. The van der Waals surface area contributed by atoms with Crippen molar-refractivity contribution < 1.29 is 38.4 Å². The first-order chi connectivity index (χ1) is 21.7. The highest BCUT2D eigenvalue weighted by Gasteiger charge is 2.15. The van der Waals surface area contributed by atoms with Crippen LogP contribution in [0.15, 0.2) is 104 Å². The van der Waals surface area contributed by atoms with Gasteiger partial charge in [-0.1, -0.05) is 30.2 Å². The Hall–Kier alpha value is -6.34. The van der Waals surface area contributed by atoms with E-state index in [4.69, 9.17) is 23.0 Å². The minimum absolute atomic E-state index is 0.0427. The molecule has 2 heterocycles. The largest absolute Gasteiger partial charge is 0.508 e. The van der Waals surface area contributed by atoms with E-state index >= 15 is 0 Å². The second-order valence-electron chi connectivity index (χ2n) is 9.52. The molecular formula is C35H26O10. The molecule has 0 aliphatic carbocycles. The van der Waals surface area contributed by atoms with Crippen molar-refractivity contribution in [2.24, 2.45) is 0 Å². The second-order valence-corrected chi connectivity index (χ2v) is 9.52. The molecule has 0 saturated carbocycles. The molecule has 0 unspecified atom stereocenters. The number of hydrogen-bond donors (Lipinski definition) is 3. The van der Waals surface area contributed by atoms with Crippen LogP contribution in [0.5, 0.6) is 34.5 Å². The van der Waals surface area contributed by atoms with Crippen LogP contribution in [-0.4, -0.2) is 29.5 Å². The third-order valence-electron chi connectivity index (χ3n) is 6.74. The Morgan fingerprint density at radius 1 is 0.622 bits per heavy atom. The Labute approximate surface area is 255 Å². The molecular weight excluding hydrogens is 580 g/mol. The average Bonchev–Trinajstić information content (AvgIpc) is 3.04. The fourth-order valence-corrected chi connectivity index (χ4v) is 4.53. The summed E-state index contributed by atoms with van der Waals surface area (Å²) in [6.45, 7) is 1.63. The molecule has 0 aliphatic heterocycles. The number of benzene rings is 4. The van der Waals surface area contributed by atoms with Gasteiger partial charge < -0.3 is 38.4 Å². The van der Waals surface area contributed by atoms with Crippen LogP contribution < -0.4 is 25.1 Å². The molecule has 0 bridgehead atoms.